The zero-order valence-electron chi connectivity index (χ0n) is 13.8. The van der Waals surface area contributed by atoms with Crippen LogP contribution in [-0.2, 0) is 0 Å². The van der Waals surface area contributed by atoms with Gasteiger partial charge in [0, 0.05) is 28.5 Å². The lowest BCUT2D eigenvalue weighted by Crippen LogP contribution is -2.53. The molecule has 0 spiro atoms. The fraction of sp³-hybridized carbons (Fsp3) is 0.389. The third-order valence-corrected chi connectivity index (χ3v) is 6.20. The molecule has 1 saturated heterocycles. The average molecular weight is 430 g/mol. The summed E-state index contributed by atoms with van der Waals surface area (Å²) in [7, 11) is 0. The highest BCUT2D eigenvalue weighted by Gasteiger charge is 2.35. The molecule has 2 heterocycles. The largest absolute Gasteiger partial charge is 0.337 e. The molecular weight excluding hydrogens is 408 g/mol. The number of rotatable bonds is 2. The molecule has 24 heavy (non-hydrogen) atoms. The predicted molar refractivity (Wildman–Crippen MR) is 107 cm³/mol. The maximum atomic E-state index is 12.8. The van der Waals surface area contributed by atoms with E-state index in [1.54, 1.807) is 11.3 Å². The van der Waals surface area contributed by atoms with Gasteiger partial charge in [0.25, 0.3) is 5.91 Å². The Hall–Kier alpha value is -0.880. The summed E-state index contributed by atoms with van der Waals surface area (Å²) >= 11 is 5.00. The normalized spacial score (nSPS) is 19.7. The Bertz CT molecular complexity index is 714. The van der Waals surface area contributed by atoms with Gasteiger partial charge in [-0.2, -0.15) is 0 Å². The lowest BCUT2D eigenvalue weighted by molar-refractivity contribution is 0.0537. The molecule has 0 saturated carbocycles. The first-order valence-corrected chi connectivity index (χ1v) is 9.38. The second-order valence-electron chi connectivity index (χ2n) is 6.78. The van der Waals surface area contributed by atoms with Crippen molar-refractivity contribution >= 4 is 45.6 Å². The third kappa shape index (κ3) is 4.02. The molecule has 3 rings (SSSR count). The Labute approximate surface area is 161 Å². The van der Waals surface area contributed by atoms with E-state index in [0.717, 1.165) is 39.3 Å². The molecule has 1 aliphatic heterocycles. The van der Waals surface area contributed by atoms with Crippen molar-refractivity contribution in [1.29, 1.82) is 0 Å². The summed E-state index contributed by atoms with van der Waals surface area (Å²) in [5.41, 5.74) is 7.28. The molecule has 0 bridgehead atoms. The number of carbonyl (C=O) groups is 1. The first kappa shape index (κ1) is 19.4. The van der Waals surface area contributed by atoms with E-state index in [0.29, 0.717) is 0 Å². The van der Waals surface area contributed by atoms with Crippen LogP contribution in [0.25, 0.3) is 10.4 Å². The van der Waals surface area contributed by atoms with Crippen molar-refractivity contribution in [2.75, 3.05) is 13.1 Å². The minimum Gasteiger partial charge on any atom is -0.337 e. The molecule has 2 N–H and O–H groups in total. The number of likely N-dealkylation sites (tertiary alicyclic amines) is 1. The molecule has 0 radical (unpaired) electrons. The van der Waals surface area contributed by atoms with Crippen molar-refractivity contribution in [3.8, 4) is 10.4 Å². The number of piperidine rings is 1. The standard InChI is InChI=1S/C18H21BrN2OS.ClH/c1-18(2)11-21(10-9-16(18)20)17(22)15-8-7-14(23-15)12-3-5-13(19)6-4-12;/h3-8,16H,9-11,20H2,1-2H3;1H. The zero-order chi connectivity index (χ0) is 16.6. The van der Waals surface area contributed by atoms with E-state index in [4.69, 9.17) is 5.73 Å². The molecular formula is C18H22BrClN2OS. The van der Waals surface area contributed by atoms with Gasteiger partial charge in [0.15, 0.2) is 0 Å². The minimum absolute atomic E-state index is 0. The van der Waals surface area contributed by atoms with E-state index < -0.39 is 0 Å². The van der Waals surface area contributed by atoms with Crippen molar-refractivity contribution in [2.24, 2.45) is 11.1 Å². The molecule has 1 aliphatic rings. The fourth-order valence-electron chi connectivity index (χ4n) is 2.93. The minimum atomic E-state index is -0.0281. The number of hydrogen-bond donors (Lipinski definition) is 1. The van der Waals surface area contributed by atoms with Gasteiger partial charge in [-0.1, -0.05) is 41.9 Å². The number of thiophene rings is 1. The zero-order valence-corrected chi connectivity index (χ0v) is 17.0. The summed E-state index contributed by atoms with van der Waals surface area (Å²) in [6.45, 7) is 5.74. The van der Waals surface area contributed by atoms with Crippen LogP contribution in [0.2, 0.25) is 0 Å². The Morgan fingerprint density at radius 2 is 1.92 bits per heavy atom. The second kappa shape index (κ2) is 7.56. The maximum absolute atomic E-state index is 12.8. The summed E-state index contributed by atoms with van der Waals surface area (Å²) in [5, 5.41) is 0. The number of benzene rings is 1. The van der Waals surface area contributed by atoms with E-state index in [1.165, 1.54) is 0 Å². The van der Waals surface area contributed by atoms with Crippen LogP contribution >= 0.6 is 39.7 Å². The molecule has 130 valence electrons. The quantitative estimate of drug-likeness (QED) is 0.745. The molecule has 2 aromatic rings. The Morgan fingerprint density at radius 3 is 2.54 bits per heavy atom. The smallest absolute Gasteiger partial charge is 0.263 e. The maximum Gasteiger partial charge on any atom is 0.263 e. The SMILES string of the molecule is CC1(C)CN(C(=O)c2ccc(-c3ccc(Br)cc3)s2)CCC1N.Cl. The van der Waals surface area contributed by atoms with Gasteiger partial charge >= 0.3 is 0 Å². The monoisotopic (exact) mass is 428 g/mol. The van der Waals surface area contributed by atoms with Gasteiger partial charge in [0.1, 0.15) is 0 Å². The molecule has 3 nitrogen and oxygen atoms in total. The lowest BCUT2D eigenvalue weighted by Gasteiger charge is -2.42. The number of amides is 1. The van der Waals surface area contributed by atoms with Crippen LogP contribution in [0.1, 0.15) is 29.9 Å². The van der Waals surface area contributed by atoms with Gasteiger partial charge < -0.3 is 10.6 Å². The highest BCUT2D eigenvalue weighted by atomic mass is 79.9. The van der Waals surface area contributed by atoms with Crippen LogP contribution in [0.5, 0.6) is 0 Å². The van der Waals surface area contributed by atoms with Crippen LogP contribution in [-0.4, -0.2) is 29.9 Å². The van der Waals surface area contributed by atoms with Crippen LogP contribution in [0.4, 0.5) is 0 Å². The van der Waals surface area contributed by atoms with Crippen LogP contribution in [0, 0.1) is 5.41 Å². The van der Waals surface area contributed by atoms with Crippen molar-refractivity contribution in [3.05, 3.63) is 45.7 Å². The predicted octanol–water partition coefficient (Wildman–Crippen LogP) is 4.80. The molecule has 1 aromatic heterocycles. The van der Waals surface area contributed by atoms with Crippen LogP contribution < -0.4 is 5.73 Å². The van der Waals surface area contributed by atoms with Crippen LogP contribution in [0.15, 0.2) is 40.9 Å². The van der Waals surface area contributed by atoms with E-state index in [-0.39, 0.29) is 29.8 Å². The van der Waals surface area contributed by atoms with Gasteiger partial charge in [0.05, 0.1) is 4.88 Å². The summed E-state index contributed by atoms with van der Waals surface area (Å²) in [6.07, 6.45) is 0.865. The Kier molecular flexibility index (Phi) is 6.13. The number of hydrogen-bond acceptors (Lipinski definition) is 3. The van der Waals surface area contributed by atoms with E-state index >= 15 is 0 Å². The van der Waals surface area contributed by atoms with E-state index in [2.05, 4.69) is 41.9 Å². The molecule has 6 heteroatoms. The van der Waals surface area contributed by atoms with Gasteiger partial charge in [0.2, 0.25) is 0 Å². The van der Waals surface area contributed by atoms with Crippen molar-refractivity contribution in [1.82, 2.24) is 4.90 Å². The molecule has 1 unspecified atom stereocenters. The fourth-order valence-corrected chi connectivity index (χ4v) is 4.17. The molecule has 1 atom stereocenters. The number of nitrogens with two attached hydrogens (primary N) is 1. The lowest BCUT2D eigenvalue weighted by atomic mass is 9.79. The highest BCUT2D eigenvalue weighted by Crippen LogP contribution is 2.32. The molecule has 1 fully saturated rings. The molecule has 1 aromatic carbocycles. The summed E-state index contributed by atoms with van der Waals surface area (Å²) in [4.78, 5) is 16.6. The first-order chi connectivity index (χ1) is 10.9. The number of carbonyl (C=O) groups excluding carboxylic acids is 1. The Morgan fingerprint density at radius 1 is 1.25 bits per heavy atom. The van der Waals surface area contributed by atoms with Gasteiger partial charge in [-0.15, -0.1) is 23.7 Å². The van der Waals surface area contributed by atoms with E-state index in [1.807, 2.05) is 29.2 Å². The second-order valence-corrected chi connectivity index (χ2v) is 8.78. The third-order valence-electron chi connectivity index (χ3n) is 4.54. The topological polar surface area (TPSA) is 46.3 Å². The van der Waals surface area contributed by atoms with Crippen molar-refractivity contribution < 1.29 is 4.79 Å². The first-order valence-electron chi connectivity index (χ1n) is 7.77. The Balaban J connectivity index is 0.00000208. The van der Waals surface area contributed by atoms with Crippen molar-refractivity contribution in [3.63, 3.8) is 0 Å². The van der Waals surface area contributed by atoms with Crippen LogP contribution in [0.3, 0.4) is 0 Å². The van der Waals surface area contributed by atoms with Gasteiger partial charge in [-0.05, 0) is 41.7 Å². The average Bonchev–Trinajstić information content (AvgIpc) is 3.00. The highest BCUT2D eigenvalue weighted by molar-refractivity contribution is 9.10. The van der Waals surface area contributed by atoms with Gasteiger partial charge in [-0.25, -0.2) is 0 Å². The van der Waals surface area contributed by atoms with Gasteiger partial charge in [-0.3, -0.25) is 4.79 Å². The number of nitrogens with zero attached hydrogens (tertiary/aromatic N) is 1. The molecule has 1 amide bonds. The van der Waals surface area contributed by atoms with E-state index in [9.17, 15) is 4.79 Å². The number of halogens is 2. The van der Waals surface area contributed by atoms with Crippen molar-refractivity contribution in [2.45, 2.75) is 26.3 Å². The summed E-state index contributed by atoms with van der Waals surface area (Å²) in [6, 6.07) is 12.3. The summed E-state index contributed by atoms with van der Waals surface area (Å²) < 4.78 is 1.06. The summed E-state index contributed by atoms with van der Waals surface area (Å²) in [5.74, 6) is 0.123. The molecule has 0 aliphatic carbocycles.